The zero-order valence-corrected chi connectivity index (χ0v) is 13.9. The Hall–Kier alpha value is -1.95. The summed E-state index contributed by atoms with van der Waals surface area (Å²) in [5, 5.41) is 0. The third-order valence-corrected chi connectivity index (χ3v) is 4.16. The molecule has 0 saturated carbocycles. The molecule has 2 aliphatic rings. The number of hydrogen-bond donors (Lipinski definition) is 0. The van der Waals surface area contributed by atoms with Gasteiger partial charge in [-0.1, -0.05) is 17.7 Å². The lowest BCUT2D eigenvalue weighted by Gasteiger charge is -2.41. The largest absolute Gasteiger partial charge is 0.457 e. The van der Waals surface area contributed by atoms with Gasteiger partial charge >= 0.3 is 11.9 Å². The van der Waals surface area contributed by atoms with Crippen molar-refractivity contribution in [1.82, 2.24) is 0 Å². The molecule has 0 radical (unpaired) electrons. The summed E-state index contributed by atoms with van der Waals surface area (Å²) < 4.78 is 16.2. The molecule has 0 saturated heterocycles. The van der Waals surface area contributed by atoms with E-state index in [4.69, 9.17) is 14.2 Å². The molecule has 1 aliphatic heterocycles. The molecule has 0 aromatic carbocycles. The van der Waals surface area contributed by atoms with Gasteiger partial charge in [0.1, 0.15) is 0 Å². The predicted molar refractivity (Wildman–Crippen MR) is 81.5 cm³/mol. The Labute approximate surface area is 135 Å². The van der Waals surface area contributed by atoms with Gasteiger partial charge in [0.2, 0.25) is 11.4 Å². The predicted octanol–water partition coefficient (Wildman–Crippen LogP) is 1.87. The normalized spacial score (nSPS) is 31.0. The Morgan fingerprint density at radius 2 is 1.96 bits per heavy atom. The molecule has 23 heavy (non-hydrogen) atoms. The molecule has 6 nitrogen and oxygen atoms in total. The van der Waals surface area contributed by atoms with Crippen LogP contribution in [0.3, 0.4) is 0 Å². The molecule has 0 aromatic heterocycles. The first-order chi connectivity index (χ1) is 10.8. The van der Waals surface area contributed by atoms with Crippen LogP contribution in [0, 0.1) is 0 Å². The summed E-state index contributed by atoms with van der Waals surface area (Å²) in [6.07, 6.45) is 3.84. The van der Waals surface area contributed by atoms with Crippen molar-refractivity contribution in [3.05, 3.63) is 23.3 Å². The molecule has 0 amide bonds. The van der Waals surface area contributed by atoms with Crippen LogP contribution in [0.15, 0.2) is 23.3 Å². The van der Waals surface area contributed by atoms with Crippen molar-refractivity contribution in [3.63, 3.8) is 0 Å². The molecule has 0 fully saturated rings. The highest BCUT2D eigenvalue weighted by atomic mass is 16.6. The van der Waals surface area contributed by atoms with Gasteiger partial charge in [0.15, 0.2) is 6.10 Å². The fourth-order valence-electron chi connectivity index (χ4n) is 3.12. The SMILES string of the molecule is CC=CC1CC2=C(CO1)C(=O)C(C)(OC(C)=O)C(OC(C)=O)C2. The Bertz CT molecular complexity index is 588. The molecule has 1 heterocycles. The second-order valence-electron chi connectivity index (χ2n) is 5.99. The monoisotopic (exact) mass is 322 g/mol. The first-order valence-corrected chi connectivity index (χ1v) is 7.64. The van der Waals surface area contributed by atoms with Gasteiger partial charge < -0.3 is 14.2 Å². The van der Waals surface area contributed by atoms with Crippen molar-refractivity contribution in [2.24, 2.45) is 0 Å². The minimum absolute atomic E-state index is 0.0948. The fraction of sp³-hybridized carbons (Fsp3) is 0.588. The van der Waals surface area contributed by atoms with Gasteiger partial charge in [0, 0.05) is 25.8 Å². The molecular weight excluding hydrogens is 300 g/mol. The molecule has 126 valence electrons. The van der Waals surface area contributed by atoms with Crippen LogP contribution in [0.5, 0.6) is 0 Å². The van der Waals surface area contributed by atoms with E-state index in [1.165, 1.54) is 20.8 Å². The maximum absolute atomic E-state index is 12.8. The van der Waals surface area contributed by atoms with Crippen molar-refractivity contribution in [2.45, 2.75) is 58.3 Å². The fourth-order valence-corrected chi connectivity index (χ4v) is 3.12. The van der Waals surface area contributed by atoms with Crippen molar-refractivity contribution in [1.29, 1.82) is 0 Å². The summed E-state index contributed by atoms with van der Waals surface area (Å²) in [4.78, 5) is 35.7. The number of carbonyl (C=O) groups is 3. The third-order valence-electron chi connectivity index (χ3n) is 4.16. The summed E-state index contributed by atoms with van der Waals surface area (Å²) in [6, 6.07) is 0. The molecule has 0 spiro atoms. The topological polar surface area (TPSA) is 78.9 Å². The highest BCUT2D eigenvalue weighted by Crippen LogP contribution is 2.39. The molecular formula is C17H22O6. The Morgan fingerprint density at radius 3 is 2.52 bits per heavy atom. The molecule has 0 aromatic rings. The van der Waals surface area contributed by atoms with Crippen LogP contribution in [0.2, 0.25) is 0 Å². The van der Waals surface area contributed by atoms with E-state index in [1.54, 1.807) is 0 Å². The van der Waals surface area contributed by atoms with E-state index in [0.29, 0.717) is 18.4 Å². The van der Waals surface area contributed by atoms with Gasteiger partial charge in [-0.15, -0.1) is 0 Å². The summed E-state index contributed by atoms with van der Waals surface area (Å²) in [6.45, 7) is 6.07. The molecule has 1 aliphatic carbocycles. The number of Topliss-reactive ketones (excluding diaryl/α,β-unsaturated/α-hetero) is 1. The van der Waals surface area contributed by atoms with Crippen molar-refractivity contribution in [2.75, 3.05) is 6.61 Å². The van der Waals surface area contributed by atoms with Crippen LogP contribution < -0.4 is 0 Å². The first-order valence-electron chi connectivity index (χ1n) is 7.64. The van der Waals surface area contributed by atoms with Crippen molar-refractivity contribution < 1.29 is 28.6 Å². The van der Waals surface area contributed by atoms with E-state index in [9.17, 15) is 14.4 Å². The van der Waals surface area contributed by atoms with Gasteiger partial charge in [-0.05, 0) is 20.3 Å². The van der Waals surface area contributed by atoms with Crippen LogP contribution in [0.1, 0.15) is 40.5 Å². The Morgan fingerprint density at radius 1 is 1.26 bits per heavy atom. The minimum atomic E-state index is -1.51. The van der Waals surface area contributed by atoms with Crippen molar-refractivity contribution >= 4 is 17.7 Å². The second-order valence-corrected chi connectivity index (χ2v) is 5.99. The lowest BCUT2D eigenvalue weighted by Crippen LogP contribution is -2.56. The minimum Gasteiger partial charge on any atom is -0.457 e. The third kappa shape index (κ3) is 3.52. The summed E-state index contributed by atoms with van der Waals surface area (Å²) >= 11 is 0. The molecule has 6 heteroatoms. The van der Waals surface area contributed by atoms with E-state index in [-0.39, 0.29) is 18.5 Å². The summed E-state index contributed by atoms with van der Waals surface area (Å²) in [5.74, 6) is -1.45. The van der Waals surface area contributed by atoms with Crippen LogP contribution in [0.4, 0.5) is 0 Å². The molecule has 3 atom stereocenters. The zero-order chi connectivity index (χ0) is 17.2. The molecule has 0 bridgehead atoms. The first kappa shape index (κ1) is 17.4. The number of allylic oxidation sites excluding steroid dienone is 1. The lowest BCUT2D eigenvalue weighted by atomic mass is 9.75. The number of hydrogen-bond acceptors (Lipinski definition) is 6. The zero-order valence-electron chi connectivity index (χ0n) is 13.9. The van der Waals surface area contributed by atoms with E-state index >= 15 is 0 Å². The quantitative estimate of drug-likeness (QED) is 0.583. The molecule has 0 N–H and O–H groups in total. The molecule has 3 unspecified atom stereocenters. The number of ketones is 1. The van der Waals surface area contributed by atoms with Gasteiger partial charge in [0.25, 0.3) is 0 Å². The maximum Gasteiger partial charge on any atom is 0.303 e. The highest BCUT2D eigenvalue weighted by molar-refractivity contribution is 6.05. The smallest absolute Gasteiger partial charge is 0.303 e. The standard InChI is InChI=1S/C17H22O6/c1-5-6-13-7-12-8-15(22-10(2)18)17(4,23-11(3)19)16(20)14(12)9-21-13/h5-6,13,15H,7-9H2,1-4H3. The highest BCUT2D eigenvalue weighted by Gasteiger charge is 2.52. The van der Waals surface area contributed by atoms with Crippen LogP contribution in [-0.4, -0.2) is 42.1 Å². The van der Waals surface area contributed by atoms with Crippen LogP contribution >= 0.6 is 0 Å². The summed E-state index contributed by atoms with van der Waals surface area (Å²) in [5.41, 5.74) is -0.0780. The van der Waals surface area contributed by atoms with E-state index < -0.39 is 23.6 Å². The van der Waals surface area contributed by atoms with Crippen molar-refractivity contribution in [3.8, 4) is 0 Å². The van der Waals surface area contributed by atoms with Crippen LogP contribution in [0.25, 0.3) is 0 Å². The second kappa shape index (κ2) is 6.66. The van der Waals surface area contributed by atoms with Gasteiger partial charge in [-0.3, -0.25) is 14.4 Å². The van der Waals surface area contributed by atoms with E-state index in [0.717, 1.165) is 5.57 Å². The number of carbonyl (C=O) groups excluding carboxylic acids is 3. The molecule has 2 rings (SSSR count). The van der Waals surface area contributed by atoms with Gasteiger partial charge in [-0.2, -0.15) is 0 Å². The van der Waals surface area contributed by atoms with Gasteiger partial charge in [0.05, 0.1) is 12.7 Å². The number of ether oxygens (including phenoxy) is 3. The van der Waals surface area contributed by atoms with Crippen LogP contribution in [-0.2, 0) is 28.6 Å². The maximum atomic E-state index is 12.8. The average Bonchev–Trinajstić information content (AvgIpc) is 2.44. The average molecular weight is 322 g/mol. The summed E-state index contributed by atoms with van der Waals surface area (Å²) in [7, 11) is 0. The number of rotatable bonds is 3. The lowest BCUT2D eigenvalue weighted by molar-refractivity contribution is -0.186. The Balaban J connectivity index is 2.37. The number of esters is 2. The van der Waals surface area contributed by atoms with Gasteiger partial charge in [-0.25, -0.2) is 0 Å². The van der Waals surface area contributed by atoms with E-state index in [1.807, 2.05) is 19.1 Å². The van der Waals surface area contributed by atoms with E-state index in [2.05, 4.69) is 0 Å². The Kier molecular flexibility index (Phi) is 5.04.